The molecule has 3 rings (SSSR count). The number of hydrogen-bond donors (Lipinski definition) is 0. The SMILES string of the molecule is Cc1cc(C)cc(OCC(=O)OCC(=O)N2CCc3ccccc3C2)c1. The van der Waals surface area contributed by atoms with Crippen LogP contribution in [0.3, 0.4) is 0 Å². The van der Waals surface area contributed by atoms with Crippen LogP contribution in [0.25, 0.3) is 0 Å². The van der Waals surface area contributed by atoms with Gasteiger partial charge in [-0.1, -0.05) is 30.3 Å². The Hall–Kier alpha value is -2.82. The minimum Gasteiger partial charge on any atom is -0.482 e. The third-order valence-corrected chi connectivity index (χ3v) is 4.39. The molecule has 0 aromatic heterocycles. The standard InChI is InChI=1S/C21H23NO4/c1-15-9-16(2)11-19(10-15)25-14-21(24)26-13-20(23)22-8-7-17-5-3-4-6-18(17)12-22/h3-6,9-11H,7-8,12-14H2,1-2H3. The van der Waals surface area contributed by atoms with Crippen molar-refractivity contribution in [2.45, 2.75) is 26.8 Å². The summed E-state index contributed by atoms with van der Waals surface area (Å²) in [6.07, 6.45) is 0.825. The maximum atomic E-state index is 12.3. The van der Waals surface area contributed by atoms with Gasteiger partial charge in [-0.2, -0.15) is 0 Å². The van der Waals surface area contributed by atoms with E-state index in [4.69, 9.17) is 9.47 Å². The second-order valence-electron chi connectivity index (χ2n) is 6.61. The van der Waals surface area contributed by atoms with E-state index in [-0.39, 0.29) is 19.1 Å². The molecule has 136 valence electrons. The van der Waals surface area contributed by atoms with Crippen LogP contribution in [-0.4, -0.2) is 36.5 Å². The second-order valence-corrected chi connectivity index (χ2v) is 6.61. The molecule has 0 saturated heterocycles. The number of rotatable bonds is 5. The first kappa shape index (κ1) is 18.0. The number of carbonyl (C=O) groups is 2. The van der Waals surface area contributed by atoms with Crippen molar-refractivity contribution in [3.05, 3.63) is 64.7 Å². The van der Waals surface area contributed by atoms with Gasteiger partial charge in [0.1, 0.15) is 5.75 Å². The van der Waals surface area contributed by atoms with E-state index in [1.807, 2.05) is 50.2 Å². The Balaban J connectivity index is 1.45. The predicted molar refractivity (Wildman–Crippen MR) is 97.9 cm³/mol. The van der Waals surface area contributed by atoms with Gasteiger partial charge < -0.3 is 14.4 Å². The van der Waals surface area contributed by atoms with E-state index in [0.717, 1.165) is 23.1 Å². The van der Waals surface area contributed by atoms with Crippen molar-refractivity contribution in [1.29, 1.82) is 0 Å². The van der Waals surface area contributed by atoms with Crippen molar-refractivity contribution >= 4 is 11.9 Å². The van der Waals surface area contributed by atoms with Crippen LogP contribution in [0.4, 0.5) is 0 Å². The lowest BCUT2D eigenvalue weighted by Crippen LogP contribution is -2.38. The number of esters is 1. The van der Waals surface area contributed by atoms with E-state index < -0.39 is 5.97 Å². The van der Waals surface area contributed by atoms with Crippen LogP contribution in [0.2, 0.25) is 0 Å². The summed E-state index contributed by atoms with van der Waals surface area (Å²) in [6.45, 7) is 4.68. The normalized spacial score (nSPS) is 13.1. The van der Waals surface area contributed by atoms with Crippen LogP contribution in [0.15, 0.2) is 42.5 Å². The lowest BCUT2D eigenvalue weighted by Gasteiger charge is -2.28. The molecule has 0 N–H and O–H groups in total. The van der Waals surface area contributed by atoms with Gasteiger partial charge >= 0.3 is 5.97 Å². The van der Waals surface area contributed by atoms with Crippen molar-refractivity contribution in [1.82, 2.24) is 4.90 Å². The van der Waals surface area contributed by atoms with Gasteiger partial charge in [0.15, 0.2) is 13.2 Å². The number of nitrogens with zero attached hydrogens (tertiary/aromatic N) is 1. The van der Waals surface area contributed by atoms with Crippen molar-refractivity contribution in [2.75, 3.05) is 19.8 Å². The van der Waals surface area contributed by atoms with Crippen LogP contribution in [0, 0.1) is 13.8 Å². The van der Waals surface area contributed by atoms with Crippen molar-refractivity contribution in [3.63, 3.8) is 0 Å². The molecule has 0 saturated carbocycles. The first-order valence-corrected chi connectivity index (χ1v) is 8.72. The highest BCUT2D eigenvalue weighted by atomic mass is 16.6. The van der Waals surface area contributed by atoms with Gasteiger partial charge in [0.25, 0.3) is 5.91 Å². The van der Waals surface area contributed by atoms with Crippen LogP contribution < -0.4 is 4.74 Å². The highest BCUT2D eigenvalue weighted by Gasteiger charge is 2.21. The Morgan fingerprint density at radius 2 is 1.69 bits per heavy atom. The summed E-state index contributed by atoms with van der Waals surface area (Å²) in [5, 5.41) is 0. The lowest BCUT2D eigenvalue weighted by atomic mass is 10.00. The summed E-state index contributed by atoms with van der Waals surface area (Å²) in [7, 11) is 0. The Morgan fingerprint density at radius 1 is 1.00 bits per heavy atom. The Bertz CT molecular complexity index is 795. The number of ether oxygens (including phenoxy) is 2. The van der Waals surface area contributed by atoms with Gasteiger partial charge in [-0.3, -0.25) is 4.79 Å². The van der Waals surface area contributed by atoms with E-state index in [1.54, 1.807) is 4.90 Å². The zero-order valence-corrected chi connectivity index (χ0v) is 15.2. The van der Waals surface area contributed by atoms with Crippen LogP contribution >= 0.6 is 0 Å². The molecule has 0 atom stereocenters. The molecule has 26 heavy (non-hydrogen) atoms. The van der Waals surface area contributed by atoms with Gasteiger partial charge in [-0.15, -0.1) is 0 Å². The third kappa shape index (κ3) is 4.63. The predicted octanol–water partition coefficient (Wildman–Crippen LogP) is 2.81. The summed E-state index contributed by atoms with van der Waals surface area (Å²) in [5.74, 6) is -0.104. The third-order valence-electron chi connectivity index (χ3n) is 4.39. The summed E-state index contributed by atoms with van der Waals surface area (Å²) in [4.78, 5) is 25.9. The molecule has 5 heteroatoms. The maximum absolute atomic E-state index is 12.3. The minimum atomic E-state index is -0.546. The van der Waals surface area contributed by atoms with Crippen LogP contribution in [0.1, 0.15) is 22.3 Å². The summed E-state index contributed by atoms with van der Waals surface area (Å²) >= 11 is 0. The number of benzene rings is 2. The quantitative estimate of drug-likeness (QED) is 0.776. The Labute approximate surface area is 153 Å². The van der Waals surface area contributed by atoms with Gasteiger partial charge in [0, 0.05) is 13.1 Å². The molecule has 0 radical (unpaired) electrons. The van der Waals surface area contributed by atoms with Gasteiger partial charge in [-0.05, 0) is 54.7 Å². The smallest absolute Gasteiger partial charge is 0.344 e. The summed E-state index contributed by atoms with van der Waals surface area (Å²) in [6, 6.07) is 13.8. The molecule has 1 aliphatic heterocycles. The molecular weight excluding hydrogens is 330 g/mol. The number of fused-ring (bicyclic) bond motifs is 1. The molecule has 0 fully saturated rings. The molecule has 1 amide bonds. The molecule has 2 aromatic rings. The van der Waals surface area contributed by atoms with E-state index in [1.165, 1.54) is 5.56 Å². The minimum absolute atomic E-state index is 0.181. The molecule has 0 aliphatic carbocycles. The highest BCUT2D eigenvalue weighted by Crippen LogP contribution is 2.18. The van der Waals surface area contributed by atoms with E-state index in [0.29, 0.717) is 18.8 Å². The second kappa shape index (κ2) is 8.04. The van der Waals surface area contributed by atoms with Gasteiger partial charge in [0.2, 0.25) is 0 Å². The monoisotopic (exact) mass is 353 g/mol. The number of carbonyl (C=O) groups excluding carboxylic acids is 2. The van der Waals surface area contributed by atoms with E-state index in [2.05, 4.69) is 6.07 Å². The first-order chi connectivity index (χ1) is 12.5. The topological polar surface area (TPSA) is 55.8 Å². The fraction of sp³-hybridized carbons (Fsp3) is 0.333. The fourth-order valence-electron chi connectivity index (χ4n) is 3.14. The molecule has 0 unspecified atom stereocenters. The van der Waals surface area contributed by atoms with Gasteiger partial charge in [0.05, 0.1) is 0 Å². The first-order valence-electron chi connectivity index (χ1n) is 8.72. The highest BCUT2D eigenvalue weighted by molar-refractivity contribution is 5.81. The maximum Gasteiger partial charge on any atom is 0.344 e. The zero-order chi connectivity index (χ0) is 18.5. The van der Waals surface area contributed by atoms with Gasteiger partial charge in [-0.25, -0.2) is 4.79 Å². The average Bonchev–Trinajstić information content (AvgIpc) is 2.63. The summed E-state index contributed by atoms with van der Waals surface area (Å²) in [5.41, 5.74) is 4.55. The van der Waals surface area contributed by atoms with E-state index >= 15 is 0 Å². The number of hydrogen-bond acceptors (Lipinski definition) is 4. The van der Waals surface area contributed by atoms with Crippen molar-refractivity contribution in [2.24, 2.45) is 0 Å². The molecular formula is C21H23NO4. The summed E-state index contributed by atoms with van der Waals surface area (Å²) < 4.78 is 10.5. The fourth-order valence-corrected chi connectivity index (χ4v) is 3.14. The van der Waals surface area contributed by atoms with Crippen LogP contribution in [0.5, 0.6) is 5.75 Å². The molecule has 0 bridgehead atoms. The van der Waals surface area contributed by atoms with Crippen molar-refractivity contribution in [3.8, 4) is 5.75 Å². The molecule has 2 aromatic carbocycles. The number of amides is 1. The Kier molecular flexibility index (Phi) is 5.56. The zero-order valence-electron chi connectivity index (χ0n) is 15.2. The number of aryl methyl sites for hydroxylation is 2. The molecule has 5 nitrogen and oxygen atoms in total. The largest absolute Gasteiger partial charge is 0.482 e. The molecule has 0 spiro atoms. The molecule has 1 aliphatic rings. The van der Waals surface area contributed by atoms with E-state index in [9.17, 15) is 9.59 Å². The molecule has 1 heterocycles. The average molecular weight is 353 g/mol. The van der Waals surface area contributed by atoms with Crippen molar-refractivity contribution < 1.29 is 19.1 Å². The lowest BCUT2D eigenvalue weighted by molar-refractivity contribution is -0.154. The Morgan fingerprint density at radius 3 is 2.42 bits per heavy atom. The van der Waals surface area contributed by atoms with Crippen LogP contribution in [-0.2, 0) is 27.3 Å².